The summed E-state index contributed by atoms with van der Waals surface area (Å²) >= 11 is 0. The van der Waals surface area contributed by atoms with Crippen LogP contribution in [-0.2, 0) is 15.8 Å². The topological polar surface area (TPSA) is 68.3 Å². The van der Waals surface area contributed by atoms with Crippen LogP contribution in [-0.4, -0.2) is 20.5 Å². The van der Waals surface area contributed by atoms with Crippen molar-refractivity contribution < 1.29 is 13.2 Å². The summed E-state index contributed by atoms with van der Waals surface area (Å²) in [6.07, 6.45) is 1.63. The van der Waals surface area contributed by atoms with Crippen molar-refractivity contribution in [2.75, 3.05) is 11.8 Å². The minimum atomic E-state index is -3.47. The molecule has 0 aliphatic carbocycles. The van der Waals surface area contributed by atoms with E-state index in [4.69, 9.17) is 4.74 Å². The molecule has 0 saturated heterocycles. The number of rotatable bonds is 5. The normalized spacial score (nSPS) is 11.3. The zero-order chi connectivity index (χ0) is 16.3. The zero-order valence-electron chi connectivity index (χ0n) is 12.6. The molecule has 0 spiro atoms. The molecule has 0 saturated carbocycles. The highest BCUT2D eigenvalue weighted by molar-refractivity contribution is 7.91. The summed E-state index contributed by atoms with van der Waals surface area (Å²) in [4.78, 5) is 4.12. The minimum Gasteiger partial charge on any atom is -0.481 e. The summed E-state index contributed by atoms with van der Waals surface area (Å²) < 4.78 is 32.4. The van der Waals surface area contributed by atoms with Crippen molar-refractivity contribution >= 4 is 26.5 Å². The highest BCUT2D eigenvalue weighted by Crippen LogP contribution is 2.26. The van der Waals surface area contributed by atoms with Crippen LogP contribution in [0.2, 0.25) is 0 Å². The second kappa shape index (κ2) is 6.26. The van der Waals surface area contributed by atoms with Gasteiger partial charge in [0.05, 0.1) is 12.9 Å². The van der Waals surface area contributed by atoms with E-state index in [1.807, 2.05) is 24.3 Å². The van der Waals surface area contributed by atoms with Crippen LogP contribution in [0.5, 0.6) is 5.88 Å². The van der Waals surface area contributed by atoms with E-state index in [2.05, 4.69) is 9.71 Å². The molecule has 5 nitrogen and oxygen atoms in total. The van der Waals surface area contributed by atoms with E-state index in [0.717, 1.165) is 16.3 Å². The molecular formula is C17H16N2O3S. The van der Waals surface area contributed by atoms with Gasteiger partial charge >= 0.3 is 0 Å². The second-order valence-corrected chi connectivity index (χ2v) is 6.83. The van der Waals surface area contributed by atoms with Crippen LogP contribution in [0.25, 0.3) is 10.8 Å². The average molecular weight is 328 g/mol. The largest absolute Gasteiger partial charge is 0.481 e. The Morgan fingerprint density at radius 3 is 2.61 bits per heavy atom. The van der Waals surface area contributed by atoms with E-state index in [9.17, 15) is 8.42 Å². The van der Waals surface area contributed by atoms with Crippen molar-refractivity contribution in [2.45, 2.75) is 5.75 Å². The molecule has 118 valence electrons. The van der Waals surface area contributed by atoms with Gasteiger partial charge in [-0.3, -0.25) is 4.72 Å². The third-order valence-corrected chi connectivity index (χ3v) is 4.65. The zero-order valence-corrected chi connectivity index (χ0v) is 13.4. The lowest BCUT2D eigenvalue weighted by molar-refractivity contribution is 0.403. The molecular weight excluding hydrogens is 312 g/mol. The van der Waals surface area contributed by atoms with Crippen molar-refractivity contribution in [3.05, 3.63) is 66.4 Å². The summed E-state index contributed by atoms with van der Waals surface area (Å²) in [6.45, 7) is 0. The molecule has 0 bridgehead atoms. The fourth-order valence-corrected chi connectivity index (χ4v) is 3.58. The maximum atomic E-state index is 12.3. The molecule has 1 heterocycles. The predicted molar refractivity (Wildman–Crippen MR) is 91.0 cm³/mol. The van der Waals surface area contributed by atoms with Gasteiger partial charge in [0.2, 0.25) is 15.9 Å². The minimum absolute atomic E-state index is 0.0639. The van der Waals surface area contributed by atoms with Crippen molar-refractivity contribution in [1.29, 1.82) is 0 Å². The third-order valence-electron chi connectivity index (χ3n) is 3.39. The van der Waals surface area contributed by atoms with Crippen LogP contribution >= 0.6 is 0 Å². The van der Waals surface area contributed by atoms with Gasteiger partial charge in [0.1, 0.15) is 0 Å². The molecule has 0 atom stereocenters. The molecule has 23 heavy (non-hydrogen) atoms. The lowest BCUT2D eigenvalue weighted by atomic mass is 10.1. The first-order chi connectivity index (χ1) is 11.1. The lowest BCUT2D eigenvalue weighted by Gasteiger charge is -2.10. The number of benzene rings is 2. The van der Waals surface area contributed by atoms with Crippen LogP contribution in [0.4, 0.5) is 5.69 Å². The summed E-state index contributed by atoms with van der Waals surface area (Å²) in [5.41, 5.74) is 1.26. The molecule has 2 aromatic carbocycles. The number of hydrogen-bond acceptors (Lipinski definition) is 4. The Kier molecular flexibility index (Phi) is 4.16. The van der Waals surface area contributed by atoms with Crippen LogP contribution in [0, 0.1) is 0 Å². The quantitative estimate of drug-likeness (QED) is 0.781. The number of nitrogens with zero attached hydrogens (tertiary/aromatic N) is 1. The molecule has 0 unspecified atom stereocenters. The van der Waals surface area contributed by atoms with Gasteiger partial charge in [-0.05, 0) is 35.2 Å². The SMILES string of the molecule is COc1nccc2cc(NS(=O)(=O)Cc3ccccc3)ccc12. The molecule has 3 aromatic rings. The van der Waals surface area contributed by atoms with E-state index in [1.54, 1.807) is 43.6 Å². The van der Waals surface area contributed by atoms with Crippen molar-refractivity contribution in [1.82, 2.24) is 4.98 Å². The van der Waals surface area contributed by atoms with Crippen molar-refractivity contribution in [3.63, 3.8) is 0 Å². The number of nitrogens with one attached hydrogen (secondary N) is 1. The number of anilines is 1. The summed E-state index contributed by atoms with van der Waals surface area (Å²) in [6, 6.07) is 16.1. The molecule has 0 fully saturated rings. The Morgan fingerprint density at radius 2 is 1.87 bits per heavy atom. The predicted octanol–water partition coefficient (Wildman–Crippen LogP) is 3.19. The van der Waals surface area contributed by atoms with Gasteiger partial charge in [-0.25, -0.2) is 13.4 Å². The van der Waals surface area contributed by atoms with Gasteiger partial charge < -0.3 is 4.74 Å². The molecule has 0 aliphatic rings. The van der Waals surface area contributed by atoms with Gasteiger partial charge in [0.25, 0.3) is 0 Å². The van der Waals surface area contributed by atoms with Gasteiger partial charge in [-0.15, -0.1) is 0 Å². The maximum Gasteiger partial charge on any atom is 0.236 e. The molecule has 0 radical (unpaired) electrons. The number of ether oxygens (including phenoxy) is 1. The third kappa shape index (κ3) is 3.60. The van der Waals surface area contributed by atoms with Crippen LogP contribution in [0.1, 0.15) is 5.56 Å². The number of methoxy groups -OCH3 is 1. The first kappa shape index (κ1) is 15.3. The molecule has 0 aliphatic heterocycles. The van der Waals surface area contributed by atoms with E-state index >= 15 is 0 Å². The fraction of sp³-hybridized carbons (Fsp3) is 0.118. The standard InChI is InChI=1S/C17H16N2O3S/c1-22-17-16-8-7-15(11-14(16)9-10-18-17)19-23(20,21)12-13-5-3-2-4-6-13/h2-11,19H,12H2,1H3. The van der Waals surface area contributed by atoms with E-state index in [-0.39, 0.29) is 5.75 Å². The Hall–Kier alpha value is -2.60. The highest BCUT2D eigenvalue weighted by atomic mass is 32.2. The van der Waals surface area contributed by atoms with E-state index < -0.39 is 10.0 Å². The van der Waals surface area contributed by atoms with Crippen LogP contribution < -0.4 is 9.46 Å². The lowest BCUT2D eigenvalue weighted by Crippen LogP contribution is -2.15. The smallest absolute Gasteiger partial charge is 0.236 e. The van der Waals surface area contributed by atoms with Crippen LogP contribution in [0.15, 0.2) is 60.8 Å². The van der Waals surface area contributed by atoms with Gasteiger partial charge in [-0.1, -0.05) is 30.3 Å². The highest BCUT2D eigenvalue weighted by Gasteiger charge is 2.12. The molecule has 0 amide bonds. The number of fused-ring (bicyclic) bond motifs is 1. The second-order valence-electron chi connectivity index (χ2n) is 5.10. The average Bonchev–Trinajstić information content (AvgIpc) is 2.54. The summed E-state index contributed by atoms with van der Waals surface area (Å²) in [5.74, 6) is 0.451. The number of pyridine rings is 1. The monoisotopic (exact) mass is 328 g/mol. The fourth-order valence-electron chi connectivity index (χ4n) is 2.39. The Bertz CT molecular complexity index is 925. The molecule has 1 N–H and O–H groups in total. The number of sulfonamides is 1. The van der Waals surface area contributed by atoms with Gasteiger partial charge in [0.15, 0.2) is 0 Å². The number of hydrogen-bond donors (Lipinski definition) is 1. The summed E-state index contributed by atoms with van der Waals surface area (Å²) in [7, 11) is -1.92. The number of aromatic nitrogens is 1. The summed E-state index contributed by atoms with van der Waals surface area (Å²) in [5, 5.41) is 1.69. The Labute approximate surface area is 135 Å². The van der Waals surface area contributed by atoms with Crippen LogP contribution in [0.3, 0.4) is 0 Å². The van der Waals surface area contributed by atoms with Gasteiger partial charge in [-0.2, -0.15) is 0 Å². The maximum absolute atomic E-state index is 12.3. The molecule has 3 rings (SSSR count). The molecule has 1 aromatic heterocycles. The first-order valence-corrected chi connectivity index (χ1v) is 8.70. The molecule has 6 heteroatoms. The van der Waals surface area contributed by atoms with Crippen molar-refractivity contribution in [2.24, 2.45) is 0 Å². The van der Waals surface area contributed by atoms with Gasteiger partial charge in [0, 0.05) is 17.3 Å². The first-order valence-electron chi connectivity index (χ1n) is 7.04. The van der Waals surface area contributed by atoms with E-state index in [1.165, 1.54) is 0 Å². The van der Waals surface area contributed by atoms with Crippen molar-refractivity contribution in [3.8, 4) is 5.88 Å². The van der Waals surface area contributed by atoms with E-state index in [0.29, 0.717) is 11.6 Å². The Morgan fingerprint density at radius 1 is 1.09 bits per heavy atom. The Balaban J connectivity index is 1.86.